The minimum absolute atomic E-state index is 0.00519. The number of rotatable bonds is 22. The van der Waals surface area contributed by atoms with Crippen molar-refractivity contribution < 1.29 is 57.1 Å². The summed E-state index contributed by atoms with van der Waals surface area (Å²) in [5.41, 5.74) is 3.02. The van der Waals surface area contributed by atoms with Gasteiger partial charge >= 0.3 is 29.8 Å². The van der Waals surface area contributed by atoms with E-state index in [1.54, 1.807) is 72.8 Å². The fourth-order valence-corrected chi connectivity index (χ4v) is 6.92. The maximum absolute atomic E-state index is 13.4. The Hall–Kier alpha value is -9.26. The van der Waals surface area contributed by atoms with E-state index in [0.29, 0.717) is 34.1 Å². The van der Waals surface area contributed by atoms with Gasteiger partial charge in [0.15, 0.2) is 5.41 Å². The molecule has 0 unspecified atom stereocenters. The van der Waals surface area contributed by atoms with Crippen LogP contribution in [0.5, 0.6) is 23.0 Å². The Bertz CT molecular complexity index is 2800. The summed E-state index contributed by atoms with van der Waals surface area (Å²) >= 11 is 0. The predicted octanol–water partition coefficient (Wildman–Crippen LogP) is 10.4. The van der Waals surface area contributed by atoms with Crippen molar-refractivity contribution in [3.05, 3.63) is 168 Å². The van der Waals surface area contributed by atoms with Crippen LogP contribution in [0.1, 0.15) is 78.3 Å². The molecule has 0 amide bonds. The SMILES string of the molecule is CC(C)(C)COC(=O)C(C#N)(CCC(=O)OCCOc1ccc(C(=O)Oc2ccc(-c3ccc(C#N)cc3)cc2)cc1)CCC(=O)OCCOc1ccc(C(=O)Oc2ccc(-c3ccc(C#N)cc3)cc2)cc1. The molecule has 0 aliphatic rings. The Kier molecular flexibility index (Phi) is 18.6. The third kappa shape index (κ3) is 16.1. The average molecular weight is 982 g/mol. The number of carbonyl (C=O) groups is 5. The minimum atomic E-state index is -1.85. The van der Waals surface area contributed by atoms with Crippen LogP contribution in [0.2, 0.25) is 0 Å². The fraction of sp³-hybridized carbons (Fsp3) is 0.241. The number of ether oxygens (including phenoxy) is 7. The van der Waals surface area contributed by atoms with E-state index in [2.05, 4.69) is 12.1 Å². The van der Waals surface area contributed by atoms with E-state index < -0.39 is 40.7 Å². The standard InChI is InChI=1S/C58H51N3O12/c1-57(2,3)39-71-56(66)58(38-61,30-28-52(62)69-34-32-67-48-20-16-46(17-21-48)54(64)72-50-24-12-44(13-25-50)42-8-4-40(36-59)5-9-42)31-29-53(63)70-35-33-68-49-22-18-47(19-23-49)55(65)73-51-26-14-45(15-27-51)43-10-6-41(37-60)7-11-43/h4-27H,28-35,39H2,1-3H3. The van der Waals surface area contributed by atoms with Crippen LogP contribution in [0.4, 0.5) is 0 Å². The molecule has 73 heavy (non-hydrogen) atoms. The van der Waals surface area contributed by atoms with Crippen molar-refractivity contribution in [1.82, 2.24) is 0 Å². The molecule has 0 radical (unpaired) electrons. The highest BCUT2D eigenvalue weighted by molar-refractivity contribution is 5.92. The van der Waals surface area contributed by atoms with E-state index in [4.69, 9.17) is 43.7 Å². The molecule has 0 saturated heterocycles. The molecule has 15 nitrogen and oxygen atoms in total. The predicted molar refractivity (Wildman–Crippen MR) is 266 cm³/mol. The summed E-state index contributed by atoms with van der Waals surface area (Å²) < 4.78 is 38.5. The van der Waals surface area contributed by atoms with Gasteiger partial charge in [-0.05, 0) is 138 Å². The molecule has 0 bridgehead atoms. The fourth-order valence-electron chi connectivity index (χ4n) is 6.92. The van der Waals surface area contributed by atoms with E-state index >= 15 is 0 Å². The molecule has 0 fully saturated rings. The van der Waals surface area contributed by atoms with Crippen molar-refractivity contribution in [2.75, 3.05) is 33.0 Å². The van der Waals surface area contributed by atoms with Gasteiger partial charge in [-0.15, -0.1) is 0 Å². The van der Waals surface area contributed by atoms with E-state index in [1.807, 2.05) is 75.4 Å². The molecule has 0 saturated carbocycles. The largest absolute Gasteiger partial charge is 0.490 e. The third-order valence-corrected chi connectivity index (χ3v) is 11.0. The first-order chi connectivity index (χ1) is 35.1. The van der Waals surface area contributed by atoms with Crippen LogP contribution in [0.15, 0.2) is 146 Å². The highest BCUT2D eigenvalue weighted by Gasteiger charge is 2.42. The number of hydrogen-bond donors (Lipinski definition) is 0. The molecule has 370 valence electrons. The van der Waals surface area contributed by atoms with Gasteiger partial charge < -0.3 is 33.2 Å². The van der Waals surface area contributed by atoms with Crippen molar-refractivity contribution in [1.29, 1.82) is 15.8 Å². The van der Waals surface area contributed by atoms with Gasteiger partial charge in [0.25, 0.3) is 0 Å². The normalized spacial score (nSPS) is 10.8. The molecular weight excluding hydrogens is 931 g/mol. The highest BCUT2D eigenvalue weighted by atomic mass is 16.6. The summed E-state index contributed by atoms with van der Waals surface area (Å²) in [7, 11) is 0. The molecular formula is C58H51N3O12. The number of benzene rings is 6. The smallest absolute Gasteiger partial charge is 0.343 e. The van der Waals surface area contributed by atoms with Crippen molar-refractivity contribution in [3.63, 3.8) is 0 Å². The second-order valence-corrected chi connectivity index (χ2v) is 17.7. The summed E-state index contributed by atoms with van der Waals surface area (Å²) in [6, 6.07) is 46.8. The van der Waals surface area contributed by atoms with Crippen molar-refractivity contribution in [3.8, 4) is 63.5 Å². The van der Waals surface area contributed by atoms with Crippen LogP contribution in [-0.2, 0) is 28.6 Å². The quantitative estimate of drug-likeness (QED) is 0.0267. The lowest BCUT2D eigenvalue weighted by molar-refractivity contribution is -0.157. The van der Waals surface area contributed by atoms with Crippen molar-refractivity contribution in [2.45, 2.75) is 46.5 Å². The molecule has 0 aromatic heterocycles. The lowest BCUT2D eigenvalue weighted by Crippen LogP contribution is -2.35. The van der Waals surface area contributed by atoms with Crippen molar-refractivity contribution in [2.24, 2.45) is 10.8 Å². The molecule has 0 aliphatic carbocycles. The summed E-state index contributed by atoms with van der Waals surface area (Å²) in [6.07, 6.45) is -1.23. The zero-order chi connectivity index (χ0) is 52.2. The lowest BCUT2D eigenvalue weighted by Gasteiger charge is -2.26. The Morgan fingerprint density at radius 2 is 0.781 bits per heavy atom. The van der Waals surface area contributed by atoms with Gasteiger partial charge in [0.05, 0.1) is 47.1 Å². The van der Waals surface area contributed by atoms with Gasteiger partial charge in [0.2, 0.25) is 0 Å². The van der Waals surface area contributed by atoms with Gasteiger partial charge in [0.1, 0.15) is 49.4 Å². The molecule has 0 heterocycles. The van der Waals surface area contributed by atoms with E-state index in [9.17, 15) is 29.2 Å². The molecule has 6 aromatic carbocycles. The summed E-state index contributed by atoms with van der Waals surface area (Å²) in [5, 5.41) is 28.3. The molecule has 6 rings (SSSR count). The van der Waals surface area contributed by atoms with Gasteiger partial charge in [0, 0.05) is 12.8 Å². The lowest BCUT2D eigenvalue weighted by atomic mass is 9.80. The van der Waals surface area contributed by atoms with Gasteiger partial charge in [-0.1, -0.05) is 69.3 Å². The third-order valence-electron chi connectivity index (χ3n) is 11.0. The molecule has 0 atom stereocenters. The monoisotopic (exact) mass is 981 g/mol. The molecule has 15 heteroatoms. The Morgan fingerprint density at radius 3 is 1.11 bits per heavy atom. The first kappa shape index (κ1) is 53.1. The number of nitriles is 3. The summed E-state index contributed by atoms with van der Waals surface area (Å²) in [6.45, 7) is 5.17. The molecule has 6 aromatic rings. The molecule has 0 spiro atoms. The Balaban J connectivity index is 0.899. The van der Waals surface area contributed by atoms with Crippen molar-refractivity contribution >= 4 is 29.8 Å². The molecule has 0 N–H and O–H groups in total. The number of esters is 5. The Labute approximate surface area is 423 Å². The van der Waals surface area contributed by atoms with Crippen LogP contribution >= 0.6 is 0 Å². The maximum Gasteiger partial charge on any atom is 0.343 e. The first-order valence-electron chi connectivity index (χ1n) is 23.2. The van der Waals surface area contributed by atoms with Crippen LogP contribution in [-0.4, -0.2) is 62.9 Å². The summed E-state index contributed by atoms with van der Waals surface area (Å²) in [4.78, 5) is 64.6. The van der Waals surface area contributed by atoms with Gasteiger partial charge in [-0.2, -0.15) is 15.8 Å². The average Bonchev–Trinajstić information content (AvgIpc) is 3.41. The Morgan fingerprint density at radius 1 is 0.438 bits per heavy atom. The topological polar surface area (TPSA) is 221 Å². The van der Waals surface area contributed by atoms with Crippen LogP contribution in [0.25, 0.3) is 22.3 Å². The van der Waals surface area contributed by atoms with Crippen LogP contribution in [0, 0.1) is 44.8 Å². The highest BCUT2D eigenvalue weighted by Crippen LogP contribution is 2.33. The zero-order valence-corrected chi connectivity index (χ0v) is 40.5. The van der Waals surface area contributed by atoms with E-state index in [1.165, 1.54) is 24.3 Å². The van der Waals surface area contributed by atoms with Crippen LogP contribution in [0.3, 0.4) is 0 Å². The number of hydrogen-bond acceptors (Lipinski definition) is 15. The minimum Gasteiger partial charge on any atom is -0.490 e. The number of nitrogens with zero attached hydrogens (tertiary/aromatic N) is 3. The second kappa shape index (κ2) is 25.6. The zero-order valence-electron chi connectivity index (χ0n) is 40.5. The van der Waals surface area contributed by atoms with E-state index in [0.717, 1.165) is 22.3 Å². The first-order valence-corrected chi connectivity index (χ1v) is 23.2. The van der Waals surface area contributed by atoms with Crippen LogP contribution < -0.4 is 18.9 Å². The summed E-state index contributed by atoms with van der Waals surface area (Å²) in [5.74, 6) is -1.92. The maximum atomic E-state index is 13.4. The second-order valence-electron chi connectivity index (χ2n) is 17.7. The molecule has 0 aliphatic heterocycles. The van der Waals surface area contributed by atoms with Gasteiger partial charge in [-0.3, -0.25) is 14.4 Å². The number of carbonyl (C=O) groups excluding carboxylic acids is 5. The van der Waals surface area contributed by atoms with E-state index in [-0.39, 0.29) is 69.8 Å². The van der Waals surface area contributed by atoms with Gasteiger partial charge in [-0.25, -0.2) is 9.59 Å².